The fraction of sp³-hybridized carbons (Fsp3) is 0.316. The van der Waals surface area contributed by atoms with Gasteiger partial charge in [-0.1, -0.05) is 63.3 Å². The Morgan fingerprint density at radius 2 is 1.71 bits per heavy atom. The third-order valence-electron chi connectivity index (χ3n) is 3.30. The molecule has 0 bridgehead atoms. The van der Waals surface area contributed by atoms with Gasteiger partial charge in [-0.3, -0.25) is 4.98 Å². The molecular weight excluding hydrogens is 258 g/mol. The Morgan fingerprint density at radius 1 is 1.05 bits per heavy atom. The summed E-state index contributed by atoms with van der Waals surface area (Å²) in [5.41, 5.74) is 4.20. The summed E-state index contributed by atoms with van der Waals surface area (Å²) in [7, 11) is 1.71. The third kappa shape index (κ3) is 3.72. The summed E-state index contributed by atoms with van der Waals surface area (Å²) < 4.78 is 5.63. The van der Waals surface area contributed by atoms with Crippen molar-refractivity contribution in [3.63, 3.8) is 0 Å². The molecule has 2 aromatic rings. The van der Waals surface area contributed by atoms with Gasteiger partial charge in [-0.05, 0) is 18.6 Å². The number of methoxy groups -OCH3 is 1. The van der Waals surface area contributed by atoms with Crippen LogP contribution in [0.15, 0.2) is 36.4 Å². The number of rotatable bonds is 3. The van der Waals surface area contributed by atoms with Crippen LogP contribution >= 0.6 is 0 Å². The van der Waals surface area contributed by atoms with E-state index < -0.39 is 0 Å². The second kappa shape index (κ2) is 6.13. The van der Waals surface area contributed by atoms with Crippen LogP contribution in [0.5, 0.6) is 5.75 Å². The Kier molecular flexibility index (Phi) is 4.46. The van der Waals surface area contributed by atoms with E-state index >= 15 is 0 Å². The molecule has 110 valence electrons. The first-order chi connectivity index (χ1) is 9.91. The molecule has 1 heterocycles. The highest BCUT2D eigenvalue weighted by Crippen LogP contribution is 2.33. The second-order valence-corrected chi connectivity index (χ2v) is 6.23. The standard InChI is InChI=1S/C19H23NO/c1-14-13-16(12-11-15-9-7-6-8-10-15)17(21-5)18(20-14)19(2,3)4/h6-13H,1-5H3/b12-11+. The zero-order chi connectivity index (χ0) is 15.5. The Morgan fingerprint density at radius 3 is 2.29 bits per heavy atom. The highest BCUT2D eigenvalue weighted by molar-refractivity contribution is 5.73. The number of benzene rings is 1. The van der Waals surface area contributed by atoms with E-state index in [9.17, 15) is 0 Å². The molecule has 0 amide bonds. The van der Waals surface area contributed by atoms with Crippen LogP contribution in [0.2, 0.25) is 0 Å². The number of aryl methyl sites for hydroxylation is 1. The lowest BCUT2D eigenvalue weighted by atomic mass is 9.89. The Hall–Kier alpha value is -2.09. The van der Waals surface area contributed by atoms with Gasteiger partial charge >= 0.3 is 0 Å². The molecule has 0 fully saturated rings. The molecule has 0 unspecified atom stereocenters. The van der Waals surface area contributed by atoms with Gasteiger partial charge in [-0.25, -0.2) is 0 Å². The topological polar surface area (TPSA) is 22.1 Å². The first kappa shape index (κ1) is 15.3. The van der Waals surface area contributed by atoms with Crippen LogP contribution in [0.4, 0.5) is 0 Å². The summed E-state index contributed by atoms with van der Waals surface area (Å²) in [6, 6.07) is 12.3. The van der Waals surface area contributed by atoms with Gasteiger partial charge in [0.1, 0.15) is 5.75 Å². The van der Waals surface area contributed by atoms with E-state index in [4.69, 9.17) is 4.74 Å². The van der Waals surface area contributed by atoms with E-state index in [0.717, 1.165) is 22.7 Å². The van der Waals surface area contributed by atoms with E-state index in [0.29, 0.717) is 0 Å². The largest absolute Gasteiger partial charge is 0.494 e. The molecule has 2 heteroatoms. The van der Waals surface area contributed by atoms with Gasteiger partial charge in [0.05, 0.1) is 12.8 Å². The van der Waals surface area contributed by atoms with Gasteiger partial charge in [0.2, 0.25) is 0 Å². The summed E-state index contributed by atoms with van der Waals surface area (Å²) >= 11 is 0. The molecule has 1 aromatic heterocycles. The molecule has 0 spiro atoms. The summed E-state index contributed by atoms with van der Waals surface area (Å²) in [6.45, 7) is 8.49. The first-order valence-electron chi connectivity index (χ1n) is 7.21. The minimum absolute atomic E-state index is 0.0489. The lowest BCUT2D eigenvalue weighted by Crippen LogP contribution is -2.16. The molecule has 21 heavy (non-hydrogen) atoms. The molecule has 0 aliphatic rings. The molecular formula is C19H23NO. The van der Waals surface area contributed by atoms with Crippen molar-refractivity contribution in [1.29, 1.82) is 0 Å². The van der Waals surface area contributed by atoms with Crippen LogP contribution in [0.3, 0.4) is 0 Å². The van der Waals surface area contributed by atoms with Crippen molar-refractivity contribution in [2.75, 3.05) is 7.11 Å². The lowest BCUT2D eigenvalue weighted by molar-refractivity contribution is 0.390. The van der Waals surface area contributed by atoms with Crippen molar-refractivity contribution in [3.05, 3.63) is 58.9 Å². The molecule has 2 rings (SSSR count). The molecule has 0 saturated carbocycles. The molecule has 2 nitrogen and oxygen atoms in total. The van der Waals surface area contributed by atoms with E-state index in [1.54, 1.807) is 7.11 Å². The molecule has 1 aromatic carbocycles. The summed E-state index contributed by atoms with van der Waals surface area (Å²) in [4.78, 5) is 4.67. The number of nitrogens with zero attached hydrogens (tertiary/aromatic N) is 1. The van der Waals surface area contributed by atoms with Gasteiger partial charge in [-0.15, -0.1) is 0 Å². The molecule has 0 N–H and O–H groups in total. The maximum absolute atomic E-state index is 5.63. The van der Waals surface area contributed by atoms with Crippen LogP contribution in [0.1, 0.15) is 43.3 Å². The maximum atomic E-state index is 5.63. The predicted octanol–water partition coefficient (Wildman–Crippen LogP) is 4.87. The Bertz CT molecular complexity index is 637. The van der Waals surface area contributed by atoms with E-state index in [1.807, 2.05) is 25.1 Å². The maximum Gasteiger partial charge on any atom is 0.148 e. The predicted molar refractivity (Wildman–Crippen MR) is 89.6 cm³/mol. The van der Waals surface area contributed by atoms with E-state index in [1.165, 1.54) is 5.56 Å². The van der Waals surface area contributed by atoms with Gasteiger partial charge < -0.3 is 4.74 Å². The summed E-state index contributed by atoms with van der Waals surface area (Å²) in [5, 5.41) is 0. The first-order valence-corrected chi connectivity index (χ1v) is 7.21. The SMILES string of the molecule is COc1c(/C=C/c2ccccc2)cc(C)nc1C(C)(C)C. The van der Waals surface area contributed by atoms with Gasteiger partial charge in [0.15, 0.2) is 0 Å². The Balaban J connectivity index is 2.48. The minimum Gasteiger partial charge on any atom is -0.494 e. The molecule has 0 aliphatic carbocycles. The van der Waals surface area contributed by atoms with Crippen molar-refractivity contribution >= 4 is 12.2 Å². The van der Waals surface area contributed by atoms with E-state index in [2.05, 4.69) is 56.1 Å². The number of ether oxygens (including phenoxy) is 1. The van der Waals surface area contributed by atoms with Gasteiger partial charge in [-0.2, -0.15) is 0 Å². The molecule has 0 aliphatic heterocycles. The van der Waals surface area contributed by atoms with Crippen LogP contribution < -0.4 is 4.74 Å². The average Bonchev–Trinajstić information content (AvgIpc) is 2.44. The zero-order valence-corrected chi connectivity index (χ0v) is 13.5. The smallest absolute Gasteiger partial charge is 0.148 e. The van der Waals surface area contributed by atoms with Crippen molar-refractivity contribution < 1.29 is 4.74 Å². The molecule has 0 saturated heterocycles. The Labute approximate surface area is 127 Å². The highest BCUT2D eigenvalue weighted by Gasteiger charge is 2.22. The van der Waals surface area contributed by atoms with Crippen LogP contribution in [0, 0.1) is 6.92 Å². The van der Waals surface area contributed by atoms with Crippen molar-refractivity contribution in [3.8, 4) is 5.75 Å². The monoisotopic (exact) mass is 281 g/mol. The normalized spacial score (nSPS) is 11.9. The molecule has 0 atom stereocenters. The van der Waals surface area contributed by atoms with Crippen LogP contribution in [0.25, 0.3) is 12.2 Å². The number of hydrogen-bond donors (Lipinski definition) is 0. The van der Waals surface area contributed by atoms with Crippen molar-refractivity contribution in [1.82, 2.24) is 4.98 Å². The summed E-state index contributed by atoms with van der Waals surface area (Å²) in [5.74, 6) is 0.861. The minimum atomic E-state index is -0.0489. The van der Waals surface area contributed by atoms with E-state index in [-0.39, 0.29) is 5.41 Å². The molecule has 0 radical (unpaired) electrons. The fourth-order valence-electron chi connectivity index (χ4n) is 2.28. The average molecular weight is 281 g/mol. The van der Waals surface area contributed by atoms with Crippen molar-refractivity contribution in [2.45, 2.75) is 33.1 Å². The number of pyridine rings is 1. The number of hydrogen-bond acceptors (Lipinski definition) is 2. The quantitative estimate of drug-likeness (QED) is 0.801. The van der Waals surface area contributed by atoms with Crippen LogP contribution in [-0.4, -0.2) is 12.1 Å². The number of aromatic nitrogens is 1. The lowest BCUT2D eigenvalue weighted by Gasteiger charge is -2.22. The summed E-state index contributed by atoms with van der Waals surface area (Å²) in [6.07, 6.45) is 4.20. The third-order valence-corrected chi connectivity index (χ3v) is 3.30. The fourth-order valence-corrected chi connectivity index (χ4v) is 2.28. The van der Waals surface area contributed by atoms with Gasteiger partial charge in [0, 0.05) is 16.7 Å². The highest BCUT2D eigenvalue weighted by atomic mass is 16.5. The zero-order valence-electron chi connectivity index (χ0n) is 13.5. The second-order valence-electron chi connectivity index (χ2n) is 6.23. The van der Waals surface area contributed by atoms with Gasteiger partial charge in [0.25, 0.3) is 0 Å². The van der Waals surface area contributed by atoms with Crippen LogP contribution in [-0.2, 0) is 5.41 Å². The van der Waals surface area contributed by atoms with Crippen molar-refractivity contribution in [2.24, 2.45) is 0 Å².